The number of nitrogens with zero attached hydrogens (tertiary/aromatic N) is 2. The van der Waals surface area contributed by atoms with E-state index in [9.17, 15) is 9.59 Å². The van der Waals surface area contributed by atoms with Gasteiger partial charge in [-0.2, -0.15) is 0 Å². The molecule has 3 amide bonds. The number of carbonyl (C=O) groups is 2. The third-order valence-electron chi connectivity index (χ3n) is 5.07. The highest BCUT2D eigenvalue weighted by Crippen LogP contribution is 2.24. The Morgan fingerprint density at radius 2 is 1.93 bits per heavy atom. The van der Waals surface area contributed by atoms with E-state index in [4.69, 9.17) is 11.6 Å². The number of amides is 3. The summed E-state index contributed by atoms with van der Waals surface area (Å²) in [6, 6.07) is 8.68. The molecule has 4 rings (SSSR count). The number of rotatable bonds is 6. The van der Waals surface area contributed by atoms with Crippen LogP contribution in [0.5, 0.6) is 0 Å². The molecule has 3 N–H and O–H groups in total. The fourth-order valence-corrected chi connectivity index (χ4v) is 3.52. The molecule has 1 aliphatic heterocycles. The van der Waals surface area contributed by atoms with E-state index in [2.05, 4.69) is 25.8 Å². The quantitative estimate of drug-likeness (QED) is 0.676. The van der Waals surface area contributed by atoms with E-state index in [1.54, 1.807) is 24.4 Å². The monoisotopic (exact) mass is 413 g/mol. The molecular formula is C21H24ClN5O2. The van der Waals surface area contributed by atoms with Crippen LogP contribution in [0.2, 0.25) is 5.02 Å². The van der Waals surface area contributed by atoms with E-state index in [1.165, 1.54) is 12.8 Å². The fourth-order valence-electron chi connectivity index (χ4n) is 3.32. The Bertz CT molecular complexity index is 910. The Morgan fingerprint density at radius 1 is 1.14 bits per heavy atom. The summed E-state index contributed by atoms with van der Waals surface area (Å²) in [6.45, 7) is 2.44. The van der Waals surface area contributed by atoms with Crippen LogP contribution >= 0.6 is 11.6 Å². The predicted molar refractivity (Wildman–Crippen MR) is 113 cm³/mol. The van der Waals surface area contributed by atoms with Crippen molar-refractivity contribution in [3.63, 3.8) is 0 Å². The maximum atomic E-state index is 12.3. The molecule has 0 unspecified atom stereocenters. The highest BCUT2D eigenvalue weighted by molar-refractivity contribution is 6.34. The van der Waals surface area contributed by atoms with Crippen molar-refractivity contribution >= 4 is 35.0 Å². The minimum atomic E-state index is -0.347. The lowest BCUT2D eigenvalue weighted by atomic mass is 10.2. The Hall–Kier alpha value is -2.80. The number of pyridine rings is 1. The molecule has 2 aliphatic rings. The molecule has 0 spiro atoms. The lowest BCUT2D eigenvalue weighted by Gasteiger charge is -2.17. The summed E-state index contributed by atoms with van der Waals surface area (Å²) in [4.78, 5) is 31.2. The average molecular weight is 414 g/mol. The van der Waals surface area contributed by atoms with Crippen LogP contribution in [0.3, 0.4) is 0 Å². The smallest absolute Gasteiger partial charge is 0.319 e. The van der Waals surface area contributed by atoms with E-state index in [1.807, 2.05) is 12.1 Å². The summed E-state index contributed by atoms with van der Waals surface area (Å²) in [5, 5.41) is 8.87. The van der Waals surface area contributed by atoms with Crippen LogP contribution in [0.15, 0.2) is 36.5 Å². The van der Waals surface area contributed by atoms with Crippen LogP contribution in [-0.4, -0.2) is 36.1 Å². The standard InChI is InChI=1S/C21H24ClN5O2/c22-18-6-5-16(12-17(18)20(28)25-15-3-4-15)26-21(29)24-13-14-7-8-23-19(11-14)27-9-1-2-10-27/h5-8,11-12,15H,1-4,9-10,13H2,(H,25,28)(H2,24,26,29). The molecule has 1 aromatic carbocycles. The van der Waals surface area contributed by atoms with Gasteiger partial charge >= 0.3 is 6.03 Å². The van der Waals surface area contributed by atoms with Crippen molar-refractivity contribution in [2.24, 2.45) is 0 Å². The first-order valence-electron chi connectivity index (χ1n) is 9.93. The maximum absolute atomic E-state index is 12.3. The van der Waals surface area contributed by atoms with Crippen LogP contribution in [0.1, 0.15) is 41.6 Å². The molecule has 0 atom stereocenters. The van der Waals surface area contributed by atoms with Gasteiger partial charge in [0, 0.05) is 37.6 Å². The molecule has 2 heterocycles. The van der Waals surface area contributed by atoms with E-state index >= 15 is 0 Å². The van der Waals surface area contributed by atoms with Crippen molar-refractivity contribution in [1.82, 2.24) is 15.6 Å². The van der Waals surface area contributed by atoms with Gasteiger partial charge in [-0.25, -0.2) is 9.78 Å². The second kappa shape index (κ2) is 8.69. The predicted octanol–water partition coefficient (Wildman–Crippen LogP) is 3.55. The molecule has 152 valence electrons. The summed E-state index contributed by atoms with van der Waals surface area (Å²) in [5.74, 6) is 0.735. The van der Waals surface area contributed by atoms with Crippen molar-refractivity contribution in [3.05, 3.63) is 52.7 Å². The number of benzene rings is 1. The van der Waals surface area contributed by atoms with Crippen molar-refractivity contribution in [2.75, 3.05) is 23.3 Å². The van der Waals surface area contributed by atoms with Crippen LogP contribution in [0, 0.1) is 0 Å². The third-order valence-corrected chi connectivity index (χ3v) is 5.40. The molecule has 1 saturated carbocycles. The van der Waals surface area contributed by atoms with E-state index in [0.717, 1.165) is 37.3 Å². The van der Waals surface area contributed by atoms with Gasteiger partial charge in [0.1, 0.15) is 5.82 Å². The van der Waals surface area contributed by atoms with Gasteiger partial charge in [0.2, 0.25) is 0 Å². The normalized spacial score (nSPS) is 15.8. The summed E-state index contributed by atoms with van der Waals surface area (Å²) in [6.07, 6.45) is 6.14. The molecule has 8 heteroatoms. The SMILES string of the molecule is O=C(NCc1ccnc(N2CCCC2)c1)Nc1ccc(Cl)c(C(=O)NC2CC2)c1. The highest BCUT2D eigenvalue weighted by atomic mass is 35.5. The second-order valence-corrected chi connectivity index (χ2v) is 7.87. The third kappa shape index (κ3) is 5.17. The topological polar surface area (TPSA) is 86.4 Å². The number of urea groups is 1. The van der Waals surface area contributed by atoms with Gasteiger partial charge in [0.25, 0.3) is 5.91 Å². The number of carbonyl (C=O) groups excluding carboxylic acids is 2. The minimum absolute atomic E-state index is 0.215. The number of aromatic nitrogens is 1. The number of nitrogens with one attached hydrogen (secondary N) is 3. The zero-order valence-corrected chi connectivity index (χ0v) is 16.8. The average Bonchev–Trinajstić information content (AvgIpc) is 3.36. The van der Waals surface area contributed by atoms with Crippen LogP contribution in [0.25, 0.3) is 0 Å². The maximum Gasteiger partial charge on any atom is 0.319 e. The van der Waals surface area contributed by atoms with Crippen molar-refractivity contribution in [3.8, 4) is 0 Å². The van der Waals surface area contributed by atoms with Crippen molar-refractivity contribution < 1.29 is 9.59 Å². The molecular weight excluding hydrogens is 390 g/mol. The number of halogens is 1. The Balaban J connectivity index is 1.34. The number of hydrogen-bond donors (Lipinski definition) is 3. The van der Waals surface area contributed by atoms with Crippen LogP contribution in [0.4, 0.5) is 16.3 Å². The fraction of sp³-hybridized carbons (Fsp3) is 0.381. The summed E-state index contributed by atoms with van der Waals surface area (Å²) >= 11 is 6.14. The van der Waals surface area contributed by atoms with Crippen molar-refractivity contribution in [1.29, 1.82) is 0 Å². The largest absolute Gasteiger partial charge is 0.357 e. The summed E-state index contributed by atoms with van der Waals surface area (Å²) in [5.41, 5.74) is 1.86. The molecule has 0 bridgehead atoms. The molecule has 2 aromatic rings. The first-order chi connectivity index (χ1) is 14.1. The molecule has 1 aliphatic carbocycles. The molecule has 1 aromatic heterocycles. The van der Waals surface area contributed by atoms with Gasteiger partial charge in [-0.15, -0.1) is 0 Å². The molecule has 0 radical (unpaired) electrons. The van der Waals surface area contributed by atoms with Crippen LogP contribution < -0.4 is 20.9 Å². The van der Waals surface area contributed by atoms with Gasteiger partial charge < -0.3 is 20.9 Å². The minimum Gasteiger partial charge on any atom is -0.357 e. The highest BCUT2D eigenvalue weighted by Gasteiger charge is 2.25. The second-order valence-electron chi connectivity index (χ2n) is 7.47. The van der Waals surface area contributed by atoms with Gasteiger partial charge in [-0.1, -0.05) is 11.6 Å². The van der Waals surface area contributed by atoms with Crippen molar-refractivity contribution in [2.45, 2.75) is 38.3 Å². The first-order valence-corrected chi connectivity index (χ1v) is 10.3. The van der Waals surface area contributed by atoms with Gasteiger partial charge in [-0.3, -0.25) is 4.79 Å². The van der Waals surface area contributed by atoms with Crippen LogP contribution in [-0.2, 0) is 6.54 Å². The number of hydrogen-bond acceptors (Lipinski definition) is 4. The Kier molecular flexibility index (Phi) is 5.85. The molecule has 7 nitrogen and oxygen atoms in total. The Morgan fingerprint density at radius 3 is 2.69 bits per heavy atom. The summed E-state index contributed by atoms with van der Waals surface area (Å²) in [7, 11) is 0. The van der Waals surface area contributed by atoms with Gasteiger partial charge in [0.15, 0.2) is 0 Å². The lowest BCUT2D eigenvalue weighted by Crippen LogP contribution is -2.29. The van der Waals surface area contributed by atoms with E-state index < -0.39 is 0 Å². The molecule has 1 saturated heterocycles. The summed E-state index contributed by atoms with van der Waals surface area (Å²) < 4.78 is 0. The van der Waals surface area contributed by atoms with E-state index in [-0.39, 0.29) is 18.0 Å². The Labute approximate surface area is 174 Å². The first kappa shape index (κ1) is 19.5. The zero-order valence-electron chi connectivity index (χ0n) is 16.1. The molecule has 29 heavy (non-hydrogen) atoms. The zero-order chi connectivity index (χ0) is 20.2. The lowest BCUT2D eigenvalue weighted by molar-refractivity contribution is 0.0951. The van der Waals surface area contributed by atoms with Gasteiger partial charge in [-0.05, 0) is 61.6 Å². The molecule has 2 fully saturated rings. The number of anilines is 2. The van der Waals surface area contributed by atoms with E-state index in [0.29, 0.717) is 22.8 Å². The van der Waals surface area contributed by atoms with Gasteiger partial charge in [0.05, 0.1) is 10.6 Å².